The summed E-state index contributed by atoms with van der Waals surface area (Å²) in [7, 11) is -2.33. The fraction of sp³-hybridized carbons (Fsp3) is 0.240. The van der Waals surface area contributed by atoms with Gasteiger partial charge < -0.3 is 19.3 Å². The Morgan fingerprint density at radius 1 is 0.971 bits per heavy atom. The Hall–Kier alpha value is -3.43. The van der Waals surface area contributed by atoms with E-state index in [2.05, 4.69) is 21.8 Å². The monoisotopic (exact) mass is 515 g/mol. The largest absolute Gasteiger partial charge is 0.497 e. The number of methoxy groups -OCH3 is 1. The molecule has 1 heterocycles. The third kappa shape index (κ3) is 6.17. The van der Waals surface area contributed by atoms with E-state index >= 15 is 0 Å². The summed E-state index contributed by atoms with van der Waals surface area (Å²) in [6, 6.07) is 20.7. The number of anilines is 2. The van der Waals surface area contributed by atoms with Gasteiger partial charge in [0.25, 0.3) is 15.9 Å². The second kappa shape index (κ2) is 10.9. The number of piperazine rings is 1. The first-order valence-electron chi connectivity index (χ1n) is 11.0. The second-order valence-corrected chi connectivity index (χ2v) is 10.0. The summed E-state index contributed by atoms with van der Waals surface area (Å²) in [5.41, 5.74) is 1.53. The van der Waals surface area contributed by atoms with Crippen molar-refractivity contribution in [3.05, 3.63) is 77.8 Å². The molecule has 0 radical (unpaired) electrons. The molecule has 0 atom stereocenters. The van der Waals surface area contributed by atoms with Crippen LogP contribution in [0.5, 0.6) is 11.5 Å². The van der Waals surface area contributed by atoms with Crippen molar-refractivity contribution < 1.29 is 22.7 Å². The molecular formula is C25H26ClN3O5S. The van der Waals surface area contributed by atoms with Gasteiger partial charge in [0.05, 0.1) is 17.0 Å². The maximum atomic E-state index is 12.7. The molecule has 0 spiro atoms. The molecule has 3 aromatic carbocycles. The number of para-hydroxylation sites is 1. The first kappa shape index (κ1) is 24.7. The number of sulfonamides is 1. The Bertz CT molecular complexity index is 1260. The molecule has 1 saturated heterocycles. The fourth-order valence-corrected chi connectivity index (χ4v) is 5.11. The molecule has 1 aliphatic rings. The molecule has 0 bridgehead atoms. The van der Waals surface area contributed by atoms with Crippen molar-refractivity contribution in [3.8, 4) is 11.5 Å². The predicted molar refractivity (Wildman–Crippen MR) is 136 cm³/mol. The van der Waals surface area contributed by atoms with Crippen LogP contribution in [0.2, 0.25) is 5.02 Å². The van der Waals surface area contributed by atoms with Crippen molar-refractivity contribution in [2.75, 3.05) is 49.5 Å². The van der Waals surface area contributed by atoms with Gasteiger partial charge in [0.15, 0.2) is 6.61 Å². The minimum Gasteiger partial charge on any atom is -0.497 e. The van der Waals surface area contributed by atoms with Gasteiger partial charge in [-0.1, -0.05) is 29.8 Å². The Morgan fingerprint density at radius 3 is 2.29 bits per heavy atom. The molecule has 184 valence electrons. The van der Waals surface area contributed by atoms with E-state index in [1.165, 1.54) is 25.3 Å². The van der Waals surface area contributed by atoms with E-state index < -0.39 is 10.0 Å². The smallest absolute Gasteiger partial charge is 0.261 e. The Balaban J connectivity index is 1.32. The van der Waals surface area contributed by atoms with Crippen LogP contribution in [0.1, 0.15) is 0 Å². The quantitative estimate of drug-likeness (QED) is 0.490. The van der Waals surface area contributed by atoms with E-state index in [0.717, 1.165) is 18.8 Å². The number of rotatable bonds is 8. The second-order valence-electron chi connectivity index (χ2n) is 7.92. The van der Waals surface area contributed by atoms with Crippen LogP contribution in [0.4, 0.5) is 11.4 Å². The number of amides is 1. The van der Waals surface area contributed by atoms with Gasteiger partial charge in [-0.15, -0.1) is 0 Å². The third-order valence-electron chi connectivity index (χ3n) is 5.66. The Labute approximate surface area is 210 Å². The number of hydrogen-bond acceptors (Lipinski definition) is 6. The van der Waals surface area contributed by atoms with E-state index in [9.17, 15) is 13.2 Å². The number of halogens is 1. The van der Waals surface area contributed by atoms with Crippen LogP contribution in [0.15, 0.2) is 77.7 Å². The molecule has 8 nitrogen and oxygen atoms in total. The summed E-state index contributed by atoms with van der Waals surface area (Å²) >= 11 is 6.27. The summed E-state index contributed by atoms with van der Waals surface area (Å²) in [5, 5.41) is 0.101. The molecule has 0 saturated carbocycles. The lowest BCUT2D eigenvalue weighted by atomic mass is 10.2. The van der Waals surface area contributed by atoms with Crippen molar-refractivity contribution in [1.82, 2.24) is 4.90 Å². The van der Waals surface area contributed by atoms with Crippen molar-refractivity contribution in [1.29, 1.82) is 0 Å². The third-order valence-corrected chi connectivity index (χ3v) is 7.34. The average Bonchev–Trinajstić information content (AvgIpc) is 2.88. The number of ether oxygens (including phenoxy) is 2. The maximum Gasteiger partial charge on any atom is 0.261 e. The zero-order chi connectivity index (χ0) is 24.8. The van der Waals surface area contributed by atoms with Gasteiger partial charge in [-0.05, 0) is 54.6 Å². The molecule has 4 rings (SSSR count). The van der Waals surface area contributed by atoms with Gasteiger partial charge in [-0.25, -0.2) is 8.42 Å². The van der Waals surface area contributed by atoms with Crippen molar-refractivity contribution in [2.24, 2.45) is 0 Å². The van der Waals surface area contributed by atoms with E-state index in [0.29, 0.717) is 24.5 Å². The van der Waals surface area contributed by atoms with Crippen LogP contribution in [-0.2, 0) is 14.8 Å². The van der Waals surface area contributed by atoms with Crippen LogP contribution < -0.4 is 19.1 Å². The number of carbonyl (C=O) groups excluding carboxylic acids is 1. The number of carbonyl (C=O) groups is 1. The van der Waals surface area contributed by atoms with Crippen LogP contribution in [-0.4, -0.2) is 59.1 Å². The molecule has 35 heavy (non-hydrogen) atoms. The summed E-state index contributed by atoms with van der Waals surface area (Å²) < 4.78 is 38.6. The topological polar surface area (TPSA) is 88.2 Å². The van der Waals surface area contributed by atoms with Gasteiger partial charge >= 0.3 is 0 Å². The summed E-state index contributed by atoms with van der Waals surface area (Å²) in [5.74, 6) is 0.711. The molecule has 10 heteroatoms. The SMILES string of the molecule is COc1ccc(NS(=O)(=O)c2ccc(OCC(=O)N3CCN(c4ccccc4)CC3)c(Cl)c2)cc1. The standard InChI is InChI=1S/C25H26ClN3O5S/c1-33-21-9-7-19(8-10-21)27-35(31,32)22-11-12-24(23(26)17-22)34-18-25(30)29-15-13-28(14-16-29)20-5-3-2-4-6-20/h2-12,17,27H,13-16,18H2,1H3. The molecule has 1 N–H and O–H groups in total. The zero-order valence-corrected chi connectivity index (χ0v) is 20.8. The Kier molecular flexibility index (Phi) is 7.67. The molecule has 3 aromatic rings. The Morgan fingerprint density at radius 2 is 1.66 bits per heavy atom. The summed E-state index contributed by atoms with van der Waals surface area (Å²) in [4.78, 5) is 16.6. The van der Waals surface area contributed by atoms with Gasteiger partial charge in [-0.2, -0.15) is 0 Å². The van der Waals surface area contributed by atoms with E-state index in [-0.39, 0.29) is 28.2 Å². The van der Waals surface area contributed by atoms with E-state index in [4.69, 9.17) is 21.1 Å². The highest BCUT2D eigenvalue weighted by Crippen LogP contribution is 2.29. The van der Waals surface area contributed by atoms with E-state index in [1.54, 1.807) is 29.2 Å². The first-order valence-corrected chi connectivity index (χ1v) is 12.9. The van der Waals surface area contributed by atoms with Gasteiger partial charge in [0, 0.05) is 37.6 Å². The van der Waals surface area contributed by atoms with Gasteiger partial charge in [0.1, 0.15) is 11.5 Å². The van der Waals surface area contributed by atoms with Crippen LogP contribution in [0.25, 0.3) is 0 Å². The van der Waals surface area contributed by atoms with Crippen LogP contribution >= 0.6 is 11.6 Å². The minimum atomic E-state index is -3.86. The molecule has 1 aliphatic heterocycles. The number of nitrogens with one attached hydrogen (secondary N) is 1. The lowest BCUT2D eigenvalue weighted by molar-refractivity contribution is -0.133. The van der Waals surface area contributed by atoms with Crippen LogP contribution in [0, 0.1) is 0 Å². The number of benzene rings is 3. The summed E-state index contributed by atoms with van der Waals surface area (Å²) in [6.07, 6.45) is 0. The van der Waals surface area contributed by atoms with Gasteiger partial charge in [0.2, 0.25) is 0 Å². The predicted octanol–water partition coefficient (Wildman–Crippen LogP) is 3.88. The maximum absolute atomic E-state index is 12.7. The lowest BCUT2D eigenvalue weighted by Crippen LogP contribution is -2.50. The average molecular weight is 516 g/mol. The number of hydrogen-bond donors (Lipinski definition) is 1. The molecule has 0 aliphatic carbocycles. The highest BCUT2D eigenvalue weighted by Gasteiger charge is 2.22. The van der Waals surface area contributed by atoms with Crippen LogP contribution in [0.3, 0.4) is 0 Å². The highest BCUT2D eigenvalue weighted by atomic mass is 35.5. The minimum absolute atomic E-state index is 0.0194. The normalized spacial score (nSPS) is 13.9. The molecular weight excluding hydrogens is 490 g/mol. The van der Waals surface area contributed by atoms with E-state index in [1.807, 2.05) is 18.2 Å². The molecule has 0 unspecified atom stereocenters. The fourth-order valence-electron chi connectivity index (χ4n) is 3.72. The zero-order valence-electron chi connectivity index (χ0n) is 19.2. The molecule has 0 aromatic heterocycles. The van der Waals surface area contributed by atoms with Crippen molar-refractivity contribution in [3.63, 3.8) is 0 Å². The molecule has 1 amide bonds. The molecule has 1 fully saturated rings. The lowest BCUT2D eigenvalue weighted by Gasteiger charge is -2.36. The number of nitrogens with zero attached hydrogens (tertiary/aromatic N) is 2. The highest BCUT2D eigenvalue weighted by molar-refractivity contribution is 7.92. The van der Waals surface area contributed by atoms with Gasteiger partial charge in [-0.3, -0.25) is 9.52 Å². The first-order chi connectivity index (χ1) is 16.9. The van der Waals surface area contributed by atoms with Crippen molar-refractivity contribution >= 4 is 38.9 Å². The summed E-state index contributed by atoms with van der Waals surface area (Å²) in [6.45, 7) is 2.49. The van der Waals surface area contributed by atoms with Crippen molar-refractivity contribution in [2.45, 2.75) is 4.90 Å².